The van der Waals surface area contributed by atoms with Gasteiger partial charge in [-0.25, -0.2) is 9.78 Å². The number of aromatic nitrogens is 1. The summed E-state index contributed by atoms with van der Waals surface area (Å²) in [5.41, 5.74) is 0.928. The summed E-state index contributed by atoms with van der Waals surface area (Å²) < 4.78 is 5.35. The van der Waals surface area contributed by atoms with Crippen LogP contribution in [-0.2, 0) is 14.3 Å². The molecule has 34 heavy (non-hydrogen) atoms. The predicted molar refractivity (Wildman–Crippen MR) is 129 cm³/mol. The number of nitrogens with one attached hydrogen (secondary N) is 1. The number of carbonyl (C=O) groups is 3. The van der Waals surface area contributed by atoms with E-state index in [9.17, 15) is 14.4 Å². The zero-order chi connectivity index (χ0) is 23.9. The first-order valence-electron chi connectivity index (χ1n) is 12.7. The summed E-state index contributed by atoms with van der Waals surface area (Å²) in [7, 11) is 0. The molecule has 3 amide bonds. The van der Waals surface area contributed by atoms with Crippen molar-refractivity contribution in [3.05, 3.63) is 23.9 Å². The number of piperazine rings is 1. The zero-order valence-corrected chi connectivity index (χ0v) is 20.2. The minimum absolute atomic E-state index is 0.160. The molecule has 3 fully saturated rings. The van der Waals surface area contributed by atoms with E-state index in [1.807, 2.05) is 17.0 Å². The number of piperidine rings is 2. The van der Waals surface area contributed by atoms with E-state index in [2.05, 4.69) is 27.0 Å². The van der Waals surface area contributed by atoms with Gasteiger partial charge >= 0.3 is 6.09 Å². The van der Waals surface area contributed by atoms with Crippen molar-refractivity contribution >= 4 is 23.7 Å². The van der Waals surface area contributed by atoms with Crippen LogP contribution >= 0.6 is 0 Å². The predicted octanol–water partition coefficient (Wildman–Crippen LogP) is 2.37. The van der Waals surface area contributed by atoms with Crippen LogP contribution in [0.25, 0.3) is 0 Å². The second kappa shape index (κ2) is 11.6. The van der Waals surface area contributed by atoms with E-state index in [0.717, 1.165) is 82.9 Å². The number of carbonyl (C=O) groups excluding carboxylic acids is 3. The highest BCUT2D eigenvalue weighted by atomic mass is 16.6. The fraction of sp³-hybridized carbons (Fsp3) is 0.680. The topological polar surface area (TPSA) is 95.1 Å². The van der Waals surface area contributed by atoms with Crippen molar-refractivity contribution in [1.29, 1.82) is 0 Å². The Morgan fingerprint density at radius 1 is 1.12 bits per heavy atom. The Kier molecular flexibility index (Phi) is 8.37. The zero-order valence-electron chi connectivity index (χ0n) is 20.2. The van der Waals surface area contributed by atoms with E-state index in [-0.39, 0.29) is 23.8 Å². The van der Waals surface area contributed by atoms with E-state index >= 15 is 0 Å². The first-order chi connectivity index (χ1) is 16.5. The van der Waals surface area contributed by atoms with Crippen molar-refractivity contribution in [2.75, 3.05) is 57.3 Å². The first-order valence-corrected chi connectivity index (χ1v) is 12.7. The van der Waals surface area contributed by atoms with Crippen molar-refractivity contribution in [1.82, 2.24) is 20.1 Å². The van der Waals surface area contributed by atoms with Crippen molar-refractivity contribution in [3.8, 4) is 0 Å². The molecule has 186 valence electrons. The molecule has 0 bridgehead atoms. The van der Waals surface area contributed by atoms with E-state index in [4.69, 9.17) is 4.74 Å². The number of nitrogens with zero attached hydrogens (tertiary/aromatic N) is 4. The van der Waals surface area contributed by atoms with Gasteiger partial charge in [-0.1, -0.05) is 13.3 Å². The van der Waals surface area contributed by atoms with Crippen molar-refractivity contribution < 1.29 is 19.1 Å². The number of likely N-dealkylation sites (tertiary alicyclic amines) is 1. The smallest absolute Gasteiger partial charge is 0.409 e. The molecule has 4 heterocycles. The summed E-state index contributed by atoms with van der Waals surface area (Å²) in [4.78, 5) is 47.0. The summed E-state index contributed by atoms with van der Waals surface area (Å²) in [6.07, 6.45) is 6.55. The summed E-state index contributed by atoms with van der Waals surface area (Å²) in [6, 6.07) is 3.89. The van der Waals surface area contributed by atoms with Gasteiger partial charge < -0.3 is 14.5 Å². The number of anilines is 1. The largest absolute Gasteiger partial charge is 0.449 e. The summed E-state index contributed by atoms with van der Waals surface area (Å²) in [6.45, 7) is 8.99. The van der Waals surface area contributed by atoms with E-state index < -0.39 is 0 Å². The number of pyridine rings is 1. The molecule has 4 rings (SSSR count). The normalized spacial score (nSPS) is 22.6. The van der Waals surface area contributed by atoms with Crippen LogP contribution in [0.15, 0.2) is 18.3 Å². The third kappa shape index (κ3) is 6.25. The fourth-order valence-corrected chi connectivity index (χ4v) is 5.05. The molecule has 0 aromatic carbocycles. The molecule has 1 aromatic rings. The SMILES string of the molecule is CCCCOC(=O)N1CCC(CN2CCN(c3cc(C4CCC(=O)NC4=O)ccn3)CC2)CC1. The van der Waals surface area contributed by atoms with Crippen LogP contribution in [-0.4, -0.2) is 85.1 Å². The highest BCUT2D eigenvalue weighted by Crippen LogP contribution is 2.27. The van der Waals surface area contributed by atoms with Crippen LogP contribution < -0.4 is 10.2 Å². The third-order valence-corrected chi connectivity index (χ3v) is 7.22. The molecule has 9 heteroatoms. The Morgan fingerprint density at radius 2 is 1.88 bits per heavy atom. The lowest BCUT2D eigenvalue weighted by Crippen LogP contribution is -2.49. The highest BCUT2D eigenvalue weighted by Gasteiger charge is 2.29. The molecule has 1 unspecified atom stereocenters. The van der Waals surface area contributed by atoms with Gasteiger partial charge in [-0.15, -0.1) is 0 Å². The van der Waals surface area contributed by atoms with Crippen LogP contribution in [0.2, 0.25) is 0 Å². The Hall–Kier alpha value is -2.68. The number of hydrogen-bond donors (Lipinski definition) is 1. The molecular weight excluding hydrogens is 434 g/mol. The van der Waals surface area contributed by atoms with Gasteiger partial charge in [0.1, 0.15) is 5.82 Å². The van der Waals surface area contributed by atoms with E-state index in [1.165, 1.54) is 0 Å². The van der Waals surface area contributed by atoms with Crippen LogP contribution in [0.1, 0.15) is 56.9 Å². The second-order valence-corrected chi connectivity index (χ2v) is 9.64. The average Bonchev–Trinajstić information content (AvgIpc) is 2.85. The molecule has 0 saturated carbocycles. The van der Waals surface area contributed by atoms with E-state index in [0.29, 0.717) is 25.4 Å². The molecule has 3 aliphatic rings. The molecule has 1 aromatic heterocycles. The maximum absolute atomic E-state index is 12.2. The lowest BCUT2D eigenvalue weighted by molar-refractivity contribution is -0.134. The van der Waals surface area contributed by atoms with Gasteiger partial charge in [0.05, 0.1) is 12.5 Å². The lowest BCUT2D eigenvalue weighted by atomic mass is 9.91. The maximum atomic E-state index is 12.2. The minimum Gasteiger partial charge on any atom is -0.449 e. The summed E-state index contributed by atoms with van der Waals surface area (Å²) >= 11 is 0. The quantitative estimate of drug-likeness (QED) is 0.482. The monoisotopic (exact) mass is 471 g/mol. The molecular formula is C25H37N5O4. The average molecular weight is 472 g/mol. The molecule has 0 radical (unpaired) electrons. The molecule has 0 spiro atoms. The number of amides is 3. The van der Waals surface area contributed by atoms with Crippen LogP contribution in [0.3, 0.4) is 0 Å². The Labute approximate surface area is 201 Å². The molecule has 0 aliphatic carbocycles. The molecule has 3 saturated heterocycles. The first kappa shape index (κ1) is 24.4. The number of imide groups is 1. The van der Waals surface area contributed by atoms with Crippen molar-refractivity contribution in [2.45, 2.75) is 51.4 Å². The highest BCUT2D eigenvalue weighted by molar-refractivity contribution is 6.00. The van der Waals surface area contributed by atoms with Gasteiger partial charge in [0.2, 0.25) is 11.8 Å². The van der Waals surface area contributed by atoms with Crippen LogP contribution in [0, 0.1) is 5.92 Å². The number of rotatable bonds is 7. The van der Waals surface area contributed by atoms with Gasteiger partial charge in [0.15, 0.2) is 0 Å². The van der Waals surface area contributed by atoms with Gasteiger partial charge in [0.25, 0.3) is 0 Å². The van der Waals surface area contributed by atoms with Crippen molar-refractivity contribution in [3.63, 3.8) is 0 Å². The Balaban J connectivity index is 1.21. The van der Waals surface area contributed by atoms with Gasteiger partial charge in [-0.05, 0) is 49.3 Å². The fourth-order valence-electron chi connectivity index (χ4n) is 5.05. The van der Waals surface area contributed by atoms with Crippen LogP contribution in [0.4, 0.5) is 10.6 Å². The van der Waals surface area contributed by atoms with Gasteiger partial charge in [0, 0.05) is 58.4 Å². The molecule has 9 nitrogen and oxygen atoms in total. The standard InChI is InChI=1S/C25H37N5O4/c1-2-3-16-34-25(33)30-10-7-19(8-11-30)18-28-12-14-29(15-13-28)22-17-20(6-9-26-22)21-4-5-23(31)27-24(21)32/h6,9,17,19,21H,2-5,7-8,10-16,18H2,1H3,(H,27,31,32). The van der Waals surface area contributed by atoms with Crippen LogP contribution in [0.5, 0.6) is 0 Å². The van der Waals surface area contributed by atoms with E-state index in [1.54, 1.807) is 6.20 Å². The molecule has 1 N–H and O–H groups in total. The van der Waals surface area contributed by atoms with Crippen molar-refractivity contribution in [2.24, 2.45) is 5.92 Å². The third-order valence-electron chi connectivity index (χ3n) is 7.22. The lowest BCUT2D eigenvalue weighted by Gasteiger charge is -2.39. The second-order valence-electron chi connectivity index (χ2n) is 9.64. The number of unbranched alkanes of at least 4 members (excludes halogenated alkanes) is 1. The minimum atomic E-state index is -0.282. The number of hydrogen-bond acceptors (Lipinski definition) is 7. The van der Waals surface area contributed by atoms with Gasteiger partial charge in [-0.2, -0.15) is 0 Å². The Morgan fingerprint density at radius 3 is 2.59 bits per heavy atom. The summed E-state index contributed by atoms with van der Waals surface area (Å²) in [5.74, 6) is 0.829. The number of ether oxygens (including phenoxy) is 1. The summed E-state index contributed by atoms with van der Waals surface area (Å²) in [5, 5.41) is 2.44. The maximum Gasteiger partial charge on any atom is 0.409 e. The molecule has 3 aliphatic heterocycles. The molecule has 1 atom stereocenters. The van der Waals surface area contributed by atoms with Gasteiger partial charge in [-0.3, -0.25) is 19.8 Å². The Bertz CT molecular complexity index is 863.